The van der Waals surface area contributed by atoms with Crippen LogP contribution in [0.3, 0.4) is 0 Å². The zero-order valence-electron chi connectivity index (χ0n) is 16.1. The smallest absolute Gasteiger partial charge is 0.119 e. The molecule has 1 aliphatic rings. The van der Waals surface area contributed by atoms with Crippen LogP contribution in [0.1, 0.15) is 37.5 Å². The van der Waals surface area contributed by atoms with Crippen LogP contribution >= 0.6 is 0 Å². The van der Waals surface area contributed by atoms with E-state index in [0.29, 0.717) is 11.1 Å². The second-order valence-electron chi connectivity index (χ2n) is 7.58. The van der Waals surface area contributed by atoms with Crippen molar-refractivity contribution in [2.75, 3.05) is 6.61 Å². The Bertz CT molecular complexity index is 800. The zero-order valence-corrected chi connectivity index (χ0v) is 16.1. The average molecular weight is 355 g/mol. The van der Waals surface area contributed by atoms with E-state index in [1.54, 1.807) is 12.1 Å². The zero-order chi connectivity index (χ0) is 19.6. The molecule has 1 aliphatic heterocycles. The Hall–Kier alpha value is -2.46. The lowest BCUT2D eigenvalue weighted by Gasteiger charge is -2.39. The van der Waals surface area contributed by atoms with Gasteiger partial charge in [0.1, 0.15) is 11.5 Å². The van der Waals surface area contributed by atoms with Gasteiger partial charge in [-0.15, -0.1) is 0 Å². The van der Waals surface area contributed by atoms with Crippen LogP contribution in [0.5, 0.6) is 5.75 Å². The molecule has 0 fully saturated rings. The molecule has 140 valence electrons. The summed E-state index contributed by atoms with van der Waals surface area (Å²) in [6, 6.07) is 3.76. The molecule has 1 aromatic rings. The van der Waals surface area contributed by atoms with Crippen molar-refractivity contribution in [2.24, 2.45) is 5.41 Å². The predicted octanol–water partition coefficient (Wildman–Crippen LogP) is 4.15. The van der Waals surface area contributed by atoms with E-state index in [0.717, 1.165) is 28.8 Å². The average Bonchev–Trinajstić information content (AvgIpc) is 2.56. The third kappa shape index (κ3) is 3.86. The maximum absolute atomic E-state index is 10.2. The lowest BCUT2D eigenvalue weighted by molar-refractivity contribution is 0.121. The highest BCUT2D eigenvalue weighted by atomic mass is 16.3. The number of nitrogens with one attached hydrogen (secondary N) is 1. The molecule has 0 spiro atoms. The summed E-state index contributed by atoms with van der Waals surface area (Å²) in [5, 5.41) is 33.2. The minimum absolute atomic E-state index is 0.0226. The summed E-state index contributed by atoms with van der Waals surface area (Å²) in [6.45, 7) is 15.4. The number of fused-ring (bicyclic) bond motifs is 1. The number of aliphatic hydroxyl groups is 2. The van der Waals surface area contributed by atoms with Gasteiger partial charge in [0.05, 0.1) is 6.61 Å². The predicted molar refractivity (Wildman–Crippen MR) is 107 cm³/mol. The number of rotatable bonds is 5. The first kappa shape index (κ1) is 19.9. The molecular formula is C22H29NO3. The second kappa shape index (κ2) is 7.42. The van der Waals surface area contributed by atoms with Gasteiger partial charge >= 0.3 is 0 Å². The van der Waals surface area contributed by atoms with Gasteiger partial charge in [-0.05, 0) is 49.1 Å². The standard InChI is InChI=1S/C22H29NO3/c1-7-17(15(4)25)13(2)9-19-18-11-20(26)14(3)8-16(18)10-21(23-19)22(5,6)12-24/h7-9,11,21,23-26H,2,4,10,12H2,1,3,5-6H3/b17-7+,19-9-. The number of hydrogen-bond donors (Lipinski definition) is 4. The van der Waals surface area contributed by atoms with Gasteiger partial charge in [0.2, 0.25) is 0 Å². The van der Waals surface area contributed by atoms with Crippen LogP contribution in [-0.4, -0.2) is 28.0 Å². The third-order valence-electron chi connectivity index (χ3n) is 5.08. The molecule has 1 heterocycles. The van der Waals surface area contributed by atoms with Crippen molar-refractivity contribution in [1.82, 2.24) is 5.32 Å². The summed E-state index contributed by atoms with van der Waals surface area (Å²) in [5.74, 6) is 0.198. The number of hydrogen-bond acceptors (Lipinski definition) is 4. The van der Waals surface area contributed by atoms with Crippen molar-refractivity contribution in [3.05, 3.63) is 71.0 Å². The number of phenolic OH excluding ortho intramolecular Hbond substituents is 1. The van der Waals surface area contributed by atoms with Gasteiger partial charge in [0.25, 0.3) is 0 Å². The second-order valence-corrected chi connectivity index (χ2v) is 7.58. The monoisotopic (exact) mass is 355 g/mol. The van der Waals surface area contributed by atoms with E-state index in [-0.39, 0.29) is 29.6 Å². The van der Waals surface area contributed by atoms with Crippen molar-refractivity contribution >= 4 is 5.70 Å². The SMILES string of the molecule is C=C(O)/C(=C/C)C(=C)/C=C1\NC(C(C)(C)CO)Cc2cc(C)c(O)cc21. The normalized spacial score (nSPS) is 19.0. The fourth-order valence-corrected chi connectivity index (χ4v) is 3.20. The summed E-state index contributed by atoms with van der Waals surface area (Å²) in [7, 11) is 0. The molecule has 0 bridgehead atoms. The molecule has 0 radical (unpaired) electrons. The van der Waals surface area contributed by atoms with Crippen LogP contribution in [0.15, 0.2) is 54.3 Å². The molecule has 1 atom stereocenters. The number of aromatic hydroxyl groups is 1. The van der Waals surface area contributed by atoms with Gasteiger partial charge in [-0.25, -0.2) is 0 Å². The minimum atomic E-state index is -0.325. The Morgan fingerprint density at radius 2 is 2.00 bits per heavy atom. The van der Waals surface area contributed by atoms with Crippen molar-refractivity contribution in [3.63, 3.8) is 0 Å². The van der Waals surface area contributed by atoms with E-state index >= 15 is 0 Å². The molecule has 4 heteroatoms. The van der Waals surface area contributed by atoms with Gasteiger partial charge in [0, 0.05) is 28.3 Å². The molecule has 2 rings (SSSR count). The first-order valence-corrected chi connectivity index (χ1v) is 8.76. The van der Waals surface area contributed by atoms with E-state index in [9.17, 15) is 15.3 Å². The van der Waals surface area contributed by atoms with Crippen molar-refractivity contribution in [2.45, 2.75) is 40.2 Å². The molecule has 4 nitrogen and oxygen atoms in total. The molecule has 0 saturated heterocycles. The summed E-state index contributed by atoms with van der Waals surface area (Å²) >= 11 is 0. The van der Waals surface area contributed by atoms with E-state index in [1.165, 1.54) is 0 Å². The first-order valence-electron chi connectivity index (χ1n) is 8.76. The summed E-state index contributed by atoms with van der Waals surface area (Å²) in [6.07, 6.45) is 4.36. The van der Waals surface area contributed by atoms with E-state index in [2.05, 4.69) is 18.5 Å². The van der Waals surface area contributed by atoms with Gasteiger partial charge in [-0.2, -0.15) is 0 Å². The topological polar surface area (TPSA) is 72.7 Å². The highest BCUT2D eigenvalue weighted by molar-refractivity contribution is 5.74. The quantitative estimate of drug-likeness (QED) is 0.473. The van der Waals surface area contributed by atoms with Gasteiger partial charge in [0.15, 0.2) is 0 Å². The van der Waals surface area contributed by atoms with E-state index < -0.39 is 0 Å². The number of aliphatic hydroxyl groups excluding tert-OH is 2. The van der Waals surface area contributed by atoms with Crippen LogP contribution in [0.25, 0.3) is 5.70 Å². The van der Waals surface area contributed by atoms with Crippen LogP contribution in [-0.2, 0) is 6.42 Å². The molecule has 1 aromatic carbocycles. The fourth-order valence-electron chi connectivity index (χ4n) is 3.20. The lowest BCUT2D eigenvalue weighted by atomic mass is 9.77. The maximum Gasteiger partial charge on any atom is 0.119 e. The Balaban J connectivity index is 2.57. The van der Waals surface area contributed by atoms with Gasteiger partial charge in [-0.1, -0.05) is 39.1 Å². The van der Waals surface area contributed by atoms with Crippen molar-refractivity contribution < 1.29 is 15.3 Å². The Morgan fingerprint density at radius 1 is 1.35 bits per heavy atom. The van der Waals surface area contributed by atoms with Crippen LogP contribution in [0.2, 0.25) is 0 Å². The highest BCUT2D eigenvalue weighted by Crippen LogP contribution is 2.36. The number of allylic oxidation sites excluding steroid dienone is 3. The van der Waals surface area contributed by atoms with Gasteiger partial charge < -0.3 is 20.6 Å². The first-order chi connectivity index (χ1) is 12.1. The van der Waals surface area contributed by atoms with Crippen LogP contribution < -0.4 is 5.32 Å². The molecule has 26 heavy (non-hydrogen) atoms. The van der Waals surface area contributed by atoms with Crippen LogP contribution in [0, 0.1) is 12.3 Å². The molecule has 0 aromatic heterocycles. The number of phenols is 1. The number of benzene rings is 1. The summed E-state index contributed by atoms with van der Waals surface area (Å²) in [5.41, 5.74) is 4.50. The summed E-state index contributed by atoms with van der Waals surface area (Å²) < 4.78 is 0. The number of aryl methyl sites for hydroxylation is 1. The molecule has 0 aliphatic carbocycles. The molecule has 4 N–H and O–H groups in total. The lowest BCUT2D eigenvalue weighted by Crippen LogP contribution is -2.47. The summed E-state index contributed by atoms with van der Waals surface area (Å²) in [4.78, 5) is 0. The minimum Gasteiger partial charge on any atom is -0.508 e. The Morgan fingerprint density at radius 3 is 2.54 bits per heavy atom. The molecule has 0 amide bonds. The Kier molecular flexibility index (Phi) is 5.67. The van der Waals surface area contributed by atoms with E-state index in [4.69, 9.17) is 0 Å². The maximum atomic E-state index is 10.2. The largest absolute Gasteiger partial charge is 0.508 e. The van der Waals surface area contributed by atoms with Gasteiger partial charge in [-0.3, -0.25) is 0 Å². The molecule has 1 unspecified atom stereocenters. The molecular weight excluding hydrogens is 326 g/mol. The van der Waals surface area contributed by atoms with Crippen molar-refractivity contribution in [3.8, 4) is 5.75 Å². The fraction of sp³-hybridized carbons (Fsp3) is 0.364. The highest BCUT2D eigenvalue weighted by Gasteiger charge is 2.34. The molecule has 0 saturated carbocycles. The van der Waals surface area contributed by atoms with Crippen molar-refractivity contribution in [1.29, 1.82) is 0 Å². The third-order valence-corrected chi connectivity index (χ3v) is 5.08. The van der Waals surface area contributed by atoms with Crippen LogP contribution in [0.4, 0.5) is 0 Å². The Labute approximate surface area is 155 Å². The van der Waals surface area contributed by atoms with E-state index in [1.807, 2.05) is 39.8 Å².